The smallest absolute Gasteiger partial charge is 0.131 e. The van der Waals surface area contributed by atoms with E-state index in [0.717, 1.165) is 16.7 Å². The highest BCUT2D eigenvalue weighted by molar-refractivity contribution is 6.35. The molecule has 1 aromatic heterocycles. The van der Waals surface area contributed by atoms with Crippen molar-refractivity contribution in [1.82, 2.24) is 4.98 Å². The molecule has 0 saturated heterocycles. The van der Waals surface area contributed by atoms with Crippen LogP contribution in [0.1, 0.15) is 5.56 Å². The Hall–Kier alpha value is -1.25. The summed E-state index contributed by atoms with van der Waals surface area (Å²) in [6.45, 7) is 1.95. The van der Waals surface area contributed by atoms with E-state index in [-0.39, 0.29) is 0 Å². The molecule has 0 aliphatic heterocycles. The van der Waals surface area contributed by atoms with Gasteiger partial charge in [0.1, 0.15) is 5.82 Å². The molecular formula is C12H10Cl2N2. The van der Waals surface area contributed by atoms with Gasteiger partial charge in [-0.05, 0) is 36.8 Å². The minimum Gasteiger partial charge on any atom is -0.383 e. The van der Waals surface area contributed by atoms with Gasteiger partial charge in [-0.2, -0.15) is 0 Å². The van der Waals surface area contributed by atoms with E-state index in [1.807, 2.05) is 13.0 Å². The highest BCUT2D eigenvalue weighted by atomic mass is 35.5. The van der Waals surface area contributed by atoms with Gasteiger partial charge in [0.15, 0.2) is 0 Å². The summed E-state index contributed by atoms with van der Waals surface area (Å²) in [6, 6.07) is 7.23. The van der Waals surface area contributed by atoms with E-state index in [2.05, 4.69) is 4.98 Å². The van der Waals surface area contributed by atoms with Crippen LogP contribution in [0.2, 0.25) is 10.0 Å². The molecule has 0 fully saturated rings. The van der Waals surface area contributed by atoms with Crippen molar-refractivity contribution in [3.05, 3.63) is 46.1 Å². The van der Waals surface area contributed by atoms with Gasteiger partial charge >= 0.3 is 0 Å². The summed E-state index contributed by atoms with van der Waals surface area (Å²) < 4.78 is 0. The number of aromatic nitrogens is 1. The molecule has 0 aliphatic rings. The highest BCUT2D eigenvalue weighted by Crippen LogP contribution is 2.33. The lowest BCUT2D eigenvalue weighted by Crippen LogP contribution is -1.95. The first-order valence-corrected chi connectivity index (χ1v) is 5.51. The van der Waals surface area contributed by atoms with E-state index in [9.17, 15) is 0 Å². The van der Waals surface area contributed by atoms with Crippen LogP contribution in [0.3, 0.4) is 0 Å². The van der Waals surface area contributed by atoms with E-state index in [1.165, 1.54) is 0 Å². The van der Waals surface area contributed by atoms with Crippen LogP contribution in [0.4, 0.5) is 5.82 Å². The third-order valence-corrected chi connectivity index (χ3v) is 2.84. The largest absolute Gasteiger partial charge is 0.383 e. The molecule has 0 radical (unpaired) electrons. The van der Waals surface area contributed by atoms with Crippen LogP contribution in [0.15, 0.2) is 30.5 Å². The Kier molecular flexibility index (Phi) is 3.03. The fourth-order valence-electron chi connectivity index (χ4n) is 1.50. The Morgan fingerprint density at radius 1 is 1.12 bits per heavy atom. The molecule has 0 spiro atoms. The summed E-state index contributed by atoms with van der Waals surface area (Å²) >= 11 is 12.1. The summed E-state index contributed by atoms with van der Waals surface area (Å²) in [7, 11) is 0. The number of halogens is 2. The number of pyridine rings is 1. The molecule has 0 bridgehead atoms. The molecule has 0 aliphatic carbocycles. The molecular weight excluding hydrogens is 243 g/mol. The van der Waals surface area contributed by atoms with Gasteiger partial charge in [-0.25, -0.2) is 4.98 Å². The van der Waals surface area contributed by atoms with E-state index >= 15 is 0 Å². The monoisotopic (exact) mass is 252 g/mol. The van der Waals surface area contributed by atoms with E-state index in [0.29, 0.717) is 15.9 Å². The normalized spacial score (nSPS) is 10.4. The van der Waals surface area contributed by atoms with Gasteiger partial charge in [0.2, 0.25) is 0 Å². The number of anilines is 1. The molecule has 16 heavy (non-hydrogen) atoms. The predicted octanol–water partition coefficient (Wildman–Crippen LogP) is 3.95. The zero-order valence-electron chi connectivity index (χ0n) is 8.67. The molecule has 82 valence electrons. The second-order valence-corrected chi connectivity index (χ2v) is 4.41. The molecule has 1 heterocycles. The first-order valence-electron chi connectivity index (χ1n) is 4.75. The zero-order chi connectivity index (χ0) is 11.7. The van der Waals surface area contributed by atoms with Crippen molar-refractivity contribution in [1.29, 1.82) is 0 Å². The molecule has 0 saturated carbocycles. The van der Waals surface area contributed by atoms with Crippen molar-refractivity contribution >= 4 is 29.0 Å². The van der Waals surface area contributed by atoms with Crippen molar-refractivity contribution in [3.63, 3.8) is 0 Å². The second kappa shape index (κ2) is 4.32. The first kappa shape index (κ1) is 11.2. The van der Waals surface area contributed by atoms with Crippen LogP contribution in [0, 0.1) is 6.92 Å². The van der Waals surface area contributed by atoms with Gasteiger partial charge in [-0.1, -0.05) is 23.2 Å². The van der Waals surface area contributed by atoms with Crippen LogP contribution in [0.5, 0.6) is 0 Å². The molecule has 2 N–H and O–H groups in total. The maximum Gasteiger partial charge on any atom is 0.131 e. The topological polar surface area (TPSA) is 38.9 Å². The van der Waals surface area contributed by atoms with Crippen LogP contribution >= 0.6 is 23.2 Å². The lowest BCUT2D eigenvalue weighted by atomic mass is 10.1. The predicted molar refractivity (Wildman–Crippen MR) is 68.8 cm³/mol. The lowest BCUT2D eigenvalue weighted by Gasteiger charge is -2.08. The fourth-order valence-corrected chi connectivity index (χ4v) is 1.89. The Balaban J connectivity index is 2.66. The van der Waals surface area contributed by atoms with Crippen molar-refractivity contribution in [2.45, 2.75) is 6.92 Å². The number of nitrogens with zero attached hydrogens (tertiary/aromatic N) is 1. The SMILES string of the molecule is Cc1cnc(N)c(-c2cc(Cl)ccc2Cl)c1. The number of nitrogen functional groups attached to an aromatic ring is 1. The van der Waals surface area contributed by atoms with Crippen LogP contribution in [0.25, 0.3) is 11.1 Å². The quantitative estimate of drug-likeness (QED) is 0.835. The Morgan fingerprint density at radius 3 is 2.62 bits per heavy atom. The third-order valence-electron chi connectivity index (χ3n) is 2.27. The number of benzene rings is 1. The maximum atomic E-state index is 6.11. The third kappa shape index (κ3) is 2.13. The number of rotatable bonds is 1. The van der Waals surface area contributed by atoms with Crippen molar-refractivity contribution < 1.29 is 0 Å². The zero-order valence-corrected chi connectivity index (χ0v) is 10.2. The number of nitrogens with two attached hydrogens (primary N) is 1. The average molecular weight is 253 g/mol. The minimum atomic E-state index is 0.453. The van der Waals surface area contributed by atoms with Crippen molar-refractivity contribution in [2.75, 3.05) is 5.73 Å². The van der Waals surface area contributed by atoms with Crippen molar-refractivity contribution in [3.8, 4) is 11.1 Å². The van der Waals surface area contributed by atoms with Gasteiger partial charge in [0.05, 0.1) is 0 Å². The maximum absolute atomic E-state index is 6.11. The molecule has 2 rings (SSSR count). The fraction of sp³-hybridized carbons (Fsp3) is 0.0833. The Labute approximate surface area is 104 Å². The van der Waals surface area contributed by atoms with Crippen molar-refractivity contribution in [2.24, 2.45) is 0 Å². The Bertz CT molecular complexity index is 489. The number of aryl methyl sites for hydroxylation is 1. The van der Waals surface area contributed by atoms with E-state index < -0.39 is 0 Å². The van der Waals surface area contributed by atoms with Crippen LogP contribution < -0.4 is 5.73 Å². The van der Waals surface area contributed by atoms with Gasteiger partial charge in [0, 0.05) is 27.4 Å². The molecule has 4 heteroatoms. The van der Waals surface area contributed by atoms with Crippen LogP contribution in [-0.2, 0) is 0 Å². The summed E-state index contributed by atoms with van der Waals surface area (Å²) in [5, 5.41) is 1.24. The Morgan fingerprint density at radius 2 is 1.88 bits per heavy atom. The molecule has 0 unspecified atom stereocenters. The first-order chi connectivity index (χ1) is 7.58. The summed E-state index contributed by atoms with van der Waals surface area (Å²) in [5.74, 6) is 0.453. The molecule has 0 atom stereocenters. The molecule has 1 aromatic carbocycles. The summed E-state index contributed by atoms with van der Waals surface area (Å²) in [4.78, 5) is 4.10. The summed E-state index contributed by atoms with van der Waals surface area (Å²) in [5.41, 5.74) is 8.48. The lowest BCUT2D eigenvalue weighted by molar-refractivity contribution is 1.28. The minimum absolute atomic E-state index is 0.453. The van der Waals surface area contributed by atoms with Gasteiger partial charge in [0.25, 0.3) is 0 Å². The van der Waals surface area contributed by atoms with Gasteiger partial charge in [-0.15, -0.1) is 0 Å². The highest BCUT2D eigenvalue weighted by Gasteiger charge is 2.08. The average Bonchev–Trinajstić information content (AvgIpc) is 2.25. The van der Waals surface area contributed by atoms with Gasteiger partial charge in [-0.3, -0.25) is 0 Å². The second-order valence-electron chi connectivity index (χ2n) is 3.57. The summed E-state index contributed by atoms with van der Waals surface area (Å²) in [6.07, 6.45) is 1.72. The van der Waals surface area contributed by atoms with Crippen LogP contribution in [-0.4, -0.2) is 4.98 Å². The van der Waals surface area contributed by atoms with E-state index in [1.54, 1.807) is 24.4 Å². The molecule has 0 amide bonds. The van der Waals surface area contributed by atoms with E-state index in [4.69, 9.17) is 28.9 Å². The molecule has 2 nitrogen and oxygen atoms in total. The number of hydrogen-bond acceptors (Lipinski definition) is 2. The standard InChI is InChI=1S/C12H10Cl2N2/c1-7-4-10(12(15)16-6-7)9-5-8(13)2-3-11(9)14/h2-6H,1H3,(H2,15,16). The number of hydrogen-bond donors (Lipinski definition) is 1. The molecule has 2 aromatic rings. The van der Waals surface area contributed by atoms with Gasteiger partial charge < -0.3 is 5.73 Å².